The summed E-state index contributed by atoms with van der Waals surface area (Å²) in [6.07, 6.45) is 6.44. The highest BCUT2D eigenvalue weighted by molar-refractivity contribution is 9.11. The lowest BCUT2D eigenvalue weighted by atomic mass is 10.3. The summed E-state index contributed by atoms with van der Waals surface area (Å²) in [5.41, 5.74) is 1.02. The van der Waals surface area contributed by atoms with Gasteiger partial charge in [-0.15, -0.1) is 11.3 Å². The fraction of sp³-hybridized carbons (Fsp3) is 0.250. The fourth-order valence-corrected chi connectivity index (χ4v) is 3.00. The van der Waals surface area contributed by atoms with Gasteiger partial charge in [-0.3, -0.25) is 4.68 Å². The molecule has 2 heterocycles. The van der Waals surface area contributed by atoms with Crippen LogP contribution in [0.1, 0.15) is 34.5 Å². The average Bonchev–Trinajstić information content (AvgIpc) is 2.94. The molecule has 7 heteroatoms. The molecule has 19 heavy (non-hydrogen) atoms. The van der Waals surface area contributed by atoms with E-state index in [4.69, 9.17) is 5.11 Å². The monoisotopic (exact) mass is 341 g/mol. The molecule has 0 saturated heterocycles. The first-order chi connectivity index (χ1) is 9.11. The highest BCUT2D eigenvalue weighted by atomic mass is 79.9. The average molecular weight is 342 g/mol. The number of carboxylic acid groups (broad SMARTS) is 1. The van der Waals surface area contributed by atoms with E-state index in [0.29, 0.717) is 8.79 Å². The van der Waals surface area contributed by atoms with Crippen LogP contribution in [0.4, 0.5) is 0 Å². The Labute approximate surface area is 122 Å². The standard InChI is InChI=1S/C12H12BrN3O2S/c1-2-7-16-8(5-6-14-16)3-4-9-15-10(12(17)18)11(13)19-9/h3-6H,2,7H2,1H3,(H,17,18). The Morgan fingerprint density at radius 1 is 1.58 bits per heavy atom. The molecule has 0 saturated carbocycles. The highest BCUT2D eigenvalue weighted by Gasteiger charge is 2.13. The van der Waals surface area contributed by atoms with Crippen LogP contribution < -0.4 is 0 Å². The number of rotatable bonds is 5. The van der Waals surface area contributed by atoms with Crippen LogP contribution in [0.2, 0.25) is 0 Å². The molecule has 0 aromatic carbocycles. The summed E-state index contributed by atoms with van der Waals surface area (Å²) in [7, 11) is 0. The second-order valence-electron chi connectivity index (χ2n) is 3.79. The van der Waals surface area contributed by atoms with Crippen molar-refractivity contribution >= 4 is 45.4 Å². The minimum atomic E-state index is -1.03. The summed E-state index contributed by atoms with van der Waals surface area (Å²) >= 11 is 4.49. The molecular formula is C12H12BrN3O2S. The molecule has 0 aliphatic rings. The number of nitrogens with zero attached hydrogens (tertiary/aromatic N) is 3. The third-order valence-electron chi connectivity index (χ3n) is 2.39. The van der Waals surface area contributed by atoms with E-state index in [0.717, 1.165) is 18.7 Å². The van der Waals surface area contributed by atoms with Gasteiger partial charge in [0.25, 0.3) is 0 Å². The first kappa shape index (κ1) is 14.0. The van der Waals surface area contributed by atoms with Crippen molar-refractivity contribution in [2.75, 3.05) is 0 Å². The Kier molecular flexibility index (Phi) is 4.49. The molecule has 0 atom stereocenters. The predicted octanol–water partition coefficient (Wildman–Crippen LogP) is 3.38. The second kappa shape index (κ2) is 6.12. The topological polar surface area (TPSA) is 68.0 Å². The van der Waals surface area contributed by atoms with Crippen molar-refractivity contribution in [2.45, 2.75) is 19.9 Å². The molecule has 5 nitrogen and oxygen atoms in total. The van der Waals surface area contributed by atoms with Crippen molar-refractivity contribution in [3.05, 3.63) is 32.4 Å². The van der Waals surface area contributed by atoms with E-state index >= 15 is 0 Å². The smallest absolute Gasteiger partial charge is 0.356 e. The quantitative estimate of drug-likeness (QED) is 0.904. The molecular weight excluding hydrogens is 330 g/mol. The summed E-state index contributed by atoms with van der Waals surface area (Å²) in [5, 5.41) is 13.8. The van der Waals surface area contributed by atoms with Gasteiger partial charge < -0.3 is 5.11 Å². The molecule has 0 radical (unpaired) electrons. The number of carbonyl (C=O) groups is 1. The SMILES string of the molecule is CCCn1nccc1C=Cc1nc(C(=O)O)c(Br)s1. The zero-order chi connectivity index (χ0) is 13.8. The molecule has 100 valence electrons. The Morgan fingerprint density at radius 2 is 2.37 bits per heavy atom. The summed E-state index contributed by atoms with van der Waals surface area (Å²) in [6.45, 7) is 2.95. The summed E-state index contributed by atoms with van der Waals surface area (Å²) in [4.78, 5) is 14.9. The molecule has 0 aliphatic heterocycles. The van der Waals surface area contributed by atoms with Gasteiger partial charge in [-0.2, -0.15) is 5.10 Å². The lowest BCUT2D eigenvalue weighted by Crippen LogP contribution is -2.00. The van der Waals surface area contributed by atoms with E-state index in [9.17, 15) is 4.79 Å². The molecule has 0 bridgehead atoms. The maximum atomic E-state index is 10.9. The van der Waals surface area contributed by atoms with Gasteiger partial charge in [-0.05, 0) is 40.6 Å². The van der Waals surface area contributed by atoms with Gasteiger partial charge in [-0.25, -0.2) is 9.78 Å². The first-order valence-corrected chi connectivity index (χ1v) is 7.32. The third kappa shape index (κ3) is 3.30. The van der Waals surface area contributed by atoms with Gasteiger partial charge in [-0.1, -0.05) is 6.92 Å². The highest BCUT2D eigenvalue weighted by Crippen LogP contribution is 2.26. The minimum Gasteiger partial charge on any atom is -0.476 e. The number of carboxylic acids is 1. The molecule has 2 rings (SSSR count). The van der Waals surface area contributed by atoms with E-state index in [2.05, 4.69) is 32.9 Å². The molecule has 0 fully saturated rings. The first-order valence-electron chi connectivity index (χ1n) is 5.71. The van der Waals surface area contributed by atoms with Crippen LogP contribution in [0.25, 0.3) is 12.2 Å². The number of hydrogen-bond acceptors (Lipinski definition) is 4. The van der Waals surface area contributed by atoms with Crippen molar-refractivity contribution in [2.24, 2.45) is 0 Å². The molecule has 2 aromatic heterocycles. The maximum absolute atomic E-state index is 10.9. The Hall–Kier alpha value is -1.47. The van der Waals surface area contributed by atoms with Crippen LogP contribution in [0.3, 0.4) is 0 Å². The van der Waals surface area contributed by atoms with Crippen LogP contribution in [0, 0.1) is 0 Å². The Bertz CT molecular complexity index is 618. The van der Waals surface area contributed by atoms with Crippen LogP contribution >= 0.6 is 27.3 Å². The molecule has 1 N–H and O–H groups in total. The van der Waals surface area contributed by atoms with Crippen molar-refractivity contribution in [1.29, 1.82) is 0 Å². The van der Waals surface area contributed by atoms with E-state index in [-0.39, 0.29) is 5.69 Å². The zero-order valence-electron chi connectivity index (χ0n) is 10.2. The van der Waals surface area contributed by atoms with Gasteiger partial charge in [0, 0.05) is 12.7 Å². The van der Waals surface area contributed by atoms with Gasteiger partial charge >= 0.3 is 5.97 Å². The number of thiazole rings is 1. The van der Waals surface area contributed by atoms with Crippen LogP contribution in [-0.4, -0.2) is 25.8 Å². The minimum absolute atomic E-state index is 0.0479. The van der Waals surface area contributed by atoms with Crippen molar-refractivity contribution < 1.29 is 9.90 Å². The van der Waals surface area contributed by atoms with E-state index in [1.807, 2.05) is 16.8 Å². The predicted molar refractivity (Wildman–Crippen MR) is 78.2 cm³/mol. The van der Waals surface area contributed by atoms with E-state index in [1.165, 1.54) is 11.3 Å². The van der Waals surface area contributed by atoms with Crippen LogP contribution in [-0.2, 0) is 6.54 Å². The molecule has 0 amide bonds. The number of aromatic carboxylic acids is 1. The molecule has 0 spiro atoms. The number of halogens is 1. The second-order valence-corrected chi connectivity index (χ2v) is 6.14. The summed E-state index contributed by atoms with van der Waals surface area (Å²) in [5.74, 6) is -1.03. The van der Waals surface area contributed by atoms with Gasteiger partial charge in [0.15, 0.2) is 5.69 Å². The Morgan fingerprint density at radius 3 is 3.00 bits per heavy atom. The maximum Gasteiger partial charge on any atom is 0.356 e. The van der Waals surface area contributed by atoms with E-state index < -0.39 is 5.97 Å². The molecule has 0 unspecified atom stereocenters. The third-order valence-corrected chi connectivity index (χ3v) is 4.06. The van der Waals surface area contributed by atoms with Gasteiger partial charge in [0.1, 0.15) is 8.79 Å². The molecule has 2 aromatic rings. The van der Waals surface area contributed by atoms with Crippen molar-refractivity contribution in [1.82, 2.24) is 14.8 Å². The van der Waals surface area contributed by atoms with Crippen molar-refractivity contribution in [3.8, 4) is 0 Å². The zero-order valence-corrected chi connectivity index (χ0v) is 12.6. The summed E-state index contributed by atoms with van der Waals surface area (Å²) in [6, 6.07) is 1.91. The lowest BCUT2D eigenvalue weighted by Gasteiger charge is -2.00. The Balaban J connectivity index is 2.20. The van der Waals surface area contributed by atoms with Gasteiger partial charge in [0.05, 0.1) is 5.69 Å². The van der Waals surface area contributed by atoms with Crippen LogP contribution in [0.5, 0.6) is 0 Å². The molecule has 0 aliphatic carbocycles. The number of hydrogen-bond donors (Lipinski definition) is 1. The fourth-order valence-electron chi connectivity index (χ4n) is 1.56. The number of aryl methyl sites for hydroxylation is 1. The number of aromatic nitrogens is 3. The normalized spacial score (nSPS) is 11.3. The largest absolute Gasteiger partial charge is 0.476 e. The van der Waals surface area contributed by atoms with Crippen LogP contribution in [0.15, 0.2) is 16.0 Å². The summed E-state index contributed by atoms with van der Waals surface area (Å²) < 4.78 is 2.43. The van der Waals surface area contributed by atoms with E-state index in [1.54, 1.807) is 12.3 Å². The lowest BCUT2D eigenvalue weighted by molar-refractivity contribution is 0.0690. The van der Waals surface area contributed by atoms with Gasteiger partial charge in [0.2, 0.25) is 0 Å². The van der Waals surface area contributed by atoms with Crippen molar-refractivity contribution in [3.63, 3.8) is 0 Å².